The first-order valence-corrected chi connectivity index (χ1v) is 10.5. The van der Waals surface area contributed by atoms with Crippen LogP contribution in [-0.4, -0.2) is 53.0 Å². The van der Waals surface area contributed by atoms with Crippen LogP contribution in [0.2, 0.25) is 0 Å². The summed E-state index contributed by atoms with van der Waals surface area (Å²) in [5.41, 5.74) is 1.74. The summed E-state index contributed by atoms with van der Waals surface area (Å²) < 4.78 is 28.5. The van der Waals surface area contributed by atoms with Gasteiger partial charge in [-0.25, -0.2) is 8.42 Å². The van der Waals surface area contributed by atoms with E-state index in [1.54, 1.807) is 30.9 Å². The topological polar surface area (TPSA) is 84.3 Å². The number of nitrogens with zero attached hydrogens (tertiary/aromatic N) is 3. The molecule has 25 heavy (non-hydrogen) atoms. The molecule has 1 aromatic carbocycles. The molecule has 134 valence electrons. The van der Waals surface area contributed by atoms with Gasteiger partial charge in [0.05, 0.1) is 5.56 Å². The second-order valence-electron chi connectivity index (χ2n) is 5.86. The third kappa shape index (κ3) is 3.88. The molecule has 1 aliphatic rings. The van der Waals surface area contributed by atoms with Crippen molar-refractivity contribution in [3.63, 3.8) is 0 Å². The Bertz CT molecular complexity index is 869. The van der Waals surface area contributed by atoms with Crippen LogP contribution in [0.5, 0.6) is 0 Å². The molecule has 0 radical (unpaired) electrons. The van der Waals surface area contributed by atoms with Crippen molar-refractivity contribution < 1.29 is 13.2 Å². The SMILES string of the molecule is Cc1ccc(NC(=O)c2cn(C)nc2S(=O)(=O)N2CCSCC2)cc1. The number of amides is 1. The molecule has 0 unspecified atom stereocenters. The number of aryl methyl sites for hydroxylation is 2. The van der Waals surface area contributed by atoms with Crippen LogP contribution < -0.4 is 5.32 Å². The second-order valence-corrected chi connectivity index (χ2v) is 8.94. The molecule has 2 heterocycles. The first-order valence-electron chi connectivity index (χ1n) is 7.87. The fourth-order valence-electron chi connectivity index (χ4n) is 2.56. The van der Waals surface area contributed by atoms with Crippen LogP contribution in [0.4, 0.5) is 5.69 Å². The van der Waals surface area contributed by atoms with E-state index >= 15 is 0 Å². The minimum atomic E-state index is -3.79. The summed E-state index contributed by atoms with van der Waals surface area (Å²) in [7, 11) is -2.18. The van der Waals surface area contributed by atoms with Gasteiger partial charge in [-0.2, -0.15) is 21.2 Å². The van der Waals surface area contributed by atoms with Crippen LogP contribution in [0.15, 0.2) is 35.5 Å². The third-order valence-corrected chi connectivity index (χ3v) is 6.68. The number of anilines is 1. The lowest BCUT2D eigenvalue weighted by Gasteiger charge is -2.24. The molecule has 1 aromatic heterocycles. The number of carbonyl (C=O) groups excluding carboxylic acids is 1. The zero-order chi connectivity index (χ0) is 18.0. The number of rotatable bonds is 4. The van der Waals surface area contributed by atoms with Gasteiger partial charge in [-0.05, 0) is 19.1 Å². The second kappa shape index (κ2) is 7.19. The highest BCUT2D eigenvalue weighted by molar-refractivity contribution is 7.99. The molecule has 9 heteroatoms. The van der Waals surface area contributed by atoms with Crippen LogP contribution in [0, 0.1) is 6.92 Å². The van der Waals surface area contributed by atoms with E-state index in [2.05, 4.69) is 10.4 Å². The van der Waals surface area contributed by atoms with E-state index in [9.17, 15) is 13.2 Å². The van der Waals surface area contributed by atoms with E-state index in [1.165, 1.54) is 15.2 Å². The number of hydrogen-bond acceptors (Lipinski definition) is 5. The fraction of sp³-hybridized carbons (Fsp3) is 0.375. The summed E-state index contributed by atoms with van der Waals surface area (Å²) in [5.74, 6) is 1.01. The van der Waals surface area contributed by atoms with Crippen LogP contribution in [0.25, 0.3) is 0 Å². The summed E-state index contributed by atoms with van der Waals surface area (Å²) in [6.45, 7) is 2.82. The van der Waals surface area contributed by atoms with E-state index in [0.717, 1.165) is 17.1 Å². The summed E-state index contributed by atoms with van der Waals surface area (Å²) in [6, 6.07) is 7.31. The van der Waals surface area contributed by atoms with Crippen molar-refractivity contribution in [1.82, 2.24) is 14.1 Å². The van der Waals surface area contributed by atoms with Gasteiger partial charge in [0.2, 0.25) is 5.03 Å². The molecule has 1 saturated heterocycles. The minimum absolute atomic E-state index is 0.0568. The van der Waals surface area contributed by atoms with Crippen molar-refractivity contribution in [2.45, 2.75) is 11.9 Å². The Labute approximate surface area is 151 Å². The van der Waals surface area contributed by atoms with Crippen molar-refractivity contribution in [3.8, 4) is 0 Å². The van der Waals surface area contributed by atoms with Crippen molar-refractivity contribution >= 4 is 33.4 Å². The number of nitrogens with one attached hydrogen (secondary N) is 1. The van der Waals surface area contributed by atoms with Crippen molar-refractivity contribution in [1.29, 1.82) is 0 Å². The average molecular weight is 380 g/mol. The Morgan fingerprint density at radius 1 is 1.20 bits per heavy atom. The number of carbonyl (C=O) groups is 1. The lowest BCUT2D eigenvalue weighted by molar-refractivity contribution is 0.102. The maximum atomic E-state index is 12.9. The maximum Gasteiger partial charge on any atom is 0.263 e. The van der Waals surface area contributed by atoms with Gasteiger partial charge in [-0.3, -0.25) is 9.48 Å². The Kier molecular flexibility index (Phi) is 5.16. The normalized spacial score (nSPS) is 15.9. The quantitative estimate of drug-likeness (QED) is 0.873. The standard InChI is InChI=1S/C16H20N4O3S2/c1-12-3-5-13(6-4-12)17-15(21)14-11-19(2)18-16(14)25(22,23)20-7-9-24-10-8-20/h3-6,11H,7-10H2,1-2H3,(H,17,21). The van der Waals surface area contributed by atoms with Crippen molar-refractivity contribution in [3.05, 3.63) is 41.6 Å². The Morgan fingerprint density at radius 3 is 2.48 bits per heavy atom. The van der Waals surface area contributed by atoms with E-state index in [0.29, 0.717) is 18.8 Å². The van der Waals surface area contributed by atoms with E-state index < -0.39 is 15.9 Å². The number of sulfonamides is 1. The average Bonchev–Trinajstić information content (AvgIpc) is 3.00. The Balaban J connectivity index is 1.89. The third-order valence-electron chi connectivity index (χ3n) is 3.90. The van der Waals surface area contributed by atoms with E-state index in [-0.39, 0.29) is 10.6 Å². The molecule has 7 nitrogen and oxygen atoms in total. The van der Waals surface area contributed by atoms with Crippen LogP contribution >= 0.6 is 11.8 Å². The van der Waals surface area contributed by atoms with E-state index in [1.807, 2.05) is 19.1 Å². The molecule has 1 aliphatic heterocycles. The maximum absolute atomic E-state index is 12.9. The smallest absolute Gasteiger partial charge is 0.263 e. The van der Waals surface area contributed by atoms with Gasteiger partial charge in [0.15, 0.2) is 0 Å². The van der Waals surface area contributed by atoms with Gasteiger partial charge >= 0.3 is 0 Å². The lowest BCUT2D eigenvalue weighted by atomic mass is 10.2. The molecule has 0 spiro atoms. The predicted molar refractivity (Wildman–Crippen MR) is 98.4 cm³/mol. The molecule has 1 N–H and O–H groups in total. The monoisotopic (exact) mass is 380 g/mol. The zero-order valence-corrected chi connectivity index (χ0v) is 15.7. The molecule has 2 aromatic rings. The van der Waals surface area contributed by atoms with Crippen LogP contribution in [-0.2, 0) is 17.1 Å². The Hall–Kier alpha value is -1.84. The molecule has 0 saturated carbocycles. The van der Waals surface area contributed by atoms with Crippen LogP contribution in [0.3, 0.4) is 0 Å². The number of aromatic nitrogens is 2. The highest BCUT2D eigenvalue weighted by Crippen LogP contribution is 2.23. The van der Waals surface area contributed by atoms with Gasteiger partial charge in [0.25, 0.3) is 15.9 Å². The molecule has 1 fully saturated rings. The highest BCUT2D eigenvalue weighted by Gasteiger charge is 2.33. The molecular formula is C16H20N4O3S2. The predicted octanol–water partition coefficient (Wildman–Crippen LogP) is 1.72. The zero-order valence-electron chi connectivity index (χ0n) is 14.1. The molecule has 1 amide bonds. The number of benzene rings is 1. The summed E-state index contributed by atoms with van der Waals surface area (Å²) in [4.78, 5) is 12.6. The molecular weight excluding hydrogens is 360 g/mol. The first kappa shape index (κ1) is 18.0. The van der Waals surface area contributed by atoms with Gasteiger partial charge in [-0.15, -0.1) is 0 Å². The van der Waals surface area contributed by atoms with Crippen LogP contribution in [0.1, 0.15) is 15.9 Å². The van der Waals surface area contributed by atoms with E-state index in [4.69, 9.17) is 0 Å². The van der Waals surface area contributed by atoms with Gasteiger partial charge in [0, 0.05) is 43.5 Å². The summed E-state index contributed by atoms with van der Waals surface area (Å²) >= 11 is 1.72. The summed E-state index contributed by atoms with van der Waals surface area (Å²) in [6.07, 6.45) is 1.44. The largest absolute Gasteiger partial charge is 0.322 e. The first-order chi connectivity index (χ1) is 11.9. The number of hydrogen-bond donors (Lipinski definition) is 1. The molecule has 0 bridgehead atoms. The molecule has 3 rings (SSSR count). The Morgan fingerprint density at radius 2 is 1.84 bits per heavy atom. The fourth-order valence-corrected chi connectivity index (χ4v) is 5.26. The lowest BCUT2D eigenvalue weighted by Crippen LogP contribution is -2.38. The molecule has 0 atom stereocenters. The number of thioether (sulfide) groups is 1. The van der Waals surface area contributed by atoms with Crippen molar-refractivity contribution in [2.24, 2.45) is 7.05 Å². The molecule has 0 aliphatic carbocycles. The summed E-state index contributed by atoms with van der Waals surface area (Å²) in [5, 5.41) is 6.60. The van der Waals surface area contributed by atoms with Crippen molar-refractivity contribution in [2.75, 3.05) is 29.9 Å². The highest BCUT2D eigenvalue weighted by atomic mass is 32.2. The van der Waals surface area contributed by atoms with Gasteiger partial charge < -0.3 is 5.32 Å². The minimum Gasteiger partial charge on any atom is -0.322 e. The van der Waals surface area contributed by atoms with Gasteiger partial charge in [0.1, 0.15) is 0 Å². The van der Waals surface area contributed by atoms with Gasteiger partial charge in [-0.1, -0.05) is 17.7 Å².